The van der Waals surface area contributed by atoms with Crippen LogP contribution in [0.15, 0.2) is 0 Å². The van der Waals surface area contributed by atoms with Crippen molar-refractivity contribution >= 4 is 18.1 Å². The predicted molar refractivity (Wildman–Crippen MR) is 117 cm³/mol. The van der Waals surface area contributed by atoms with Crippen molar-refractivity contribution < 1.29 is 24.2 Å². The van der Waals surface area contributed by atoms with E-state index in [1.807, 2.05) is 48.5 Å². The van der Waals surface area contributed by atoms with Gasteiger partial charge in [-0.2, -0.15) is 0 Å². The Morgan fingerprint density at radius 2 is 1.83 bits per heavy atom. The van der Waals surface area contributed by atoms with Gasteiger partial charge in [0.1, 0.15) is 11.6 Å². The largest absolute Gasteiger partial charge is 0.465 e. The van der Waals surface area contributed by atoms with Crippen LogP contribution < -0.4 is 5.32 Å². The first-order valence-electron chi connectivity index (χ1n) is 11.1. The summed E-state index contributed by atoms with van der Waals surface area (Å²) in [5.74, 6) is -0.141. The fourth-order valence-electron chi connectivity index (χ4n) is 3.86. The maximum absolute atomic E-state index is 13.2. The molecular weight excluding hydrogens is 386 g/mol. The number of nitrogens with zero attached hydrogens (tertiary/aromatic N) is 2. The number of nitrogens with one attached hydrogen (secondary N) is 1. The van der Waals surface area contributed by atoms with Crippen LogP contribution in [0.25, 0.3) is 0 Å². The number of carbonyl (C=O) groups is 3. The molecule has 0 saturated carbocycles. The summed E-state index contributed by atoms with van der Waals surface area (Å²) in [7, 11) is 0. The van der Waals surface area contributed by atoms with Gasteiger partial charge >= 0.3 is 12.2 Å². The van der Waals surface area contributed by atoms with Crippen LogP contribution in [-0.4, -0.2) is 69.3 Å². The predicted octanol–water partition coefficient (Wildman–Crippen LogP) is 4.23. The molecule has 0 aliphatic carbocycles. The van der Waals surface area contributed by atoms with Crippen LogP contribution in [0.5, 0.6) is 0 Å². The summed E-state index contributed by atoms with van der Waals surface area (Å²) in [6.07, 6.45) is 2.95. The minimum absolute atomic E-state index is 0.0995. The van der Waals surface area contributed by atoms with Crippen LogP contribution in [0.3, 0.4) is 0 Å². The Kier molecular flexibility index (Phi) is 9.43. The molecule has 2 N–H and O–H groups in total. The van der Waals surface area contributed by atoms with Crippen LogP contribution in [0.2, 0.25) is 0 Å². The lowest BCUT2D eigenvalue weighted by Gasteiger charge is -2.39. The zero-order valence-corrected chi connectivity index (χ0v) is 19.8. The monoisotopic (exact) mass is 427 g/mol. The van der Waals surface area contributed by atoms with E-state index in [0.29, 0.717) is 25.9 Å². The lowest BCUT2D eigenvalue weighted by atomic mass is 10.00. The Morgan fingerprint density at radius 1 is 1.20 bits per heavy atom. The molecule has 0 radical (unpaired) electrons. The average Bonchev–Trinajstić information content (AvgIpc) is 2.72. The second-order valence-corrected chi connectivity index (χ2v) is 10.1. The summed E-state index contributed by atoms with van der Waals surface area (Å²) in [5.41, 5.74) is -1.23. The number of carbonyl (C=O) groups excluding carboxylic acids is 2. The molecular formula is C22H41N3O5. The summed E-state index contributed by atoms with van der Waals surface area (Å²) in [5, 5.41) is 12.6. The fourth-order valence-corrected chi connectivity index (χ4v) is 3.86. The summed E-state index contributed by atoms with van der Waals surface area (Å²) >= 11 is 0. The lowest BCUT2D eigenvalue weighted by Crippen LogP contribution is -2.57. The van der Waals surface area contributed by atoms with Crippen molar-refractivity contribution in [2.75, 3.05) is 13.1 Å². The van der Waals surface area contributed by atoms with Crippen LogP contribution in [0.1, 0.15) is 87.0 Å². The average molecular weight is 428 g/mol. The van der Waals surface area contributed by atoms with Crippen LogP contribution in [0.4, 0.5) is 9.59 Å². The topological polar surface area (TPSA) is 99.2 Å². The number of amides is 3. The summed E-state index contributed by atoms with van der Waals surface area (Å²) < 4.78 is 5.36. The minimum atomic E-state index is -1.07. The van der Waals surface area contributed by atoms with Crippen molar-refractivity contribution in [2.45, 2.75) is 110 Å². The Labute approximate surface area is 181 Å². The van der Waals surface area contributed by atoms with Gasteiger partial charge in [0.2, 0.25) is 5.91 Å². The highest BCUT2D eigenvalue weighted by Gasteiger charge is 2.40. The molecule has 0 bridgehead atoms. The van der Waals surface area contributed by atoms with Crippen molar-refractivity contribution in [1.29, 1.82) is 0 Å². The maximum Gasteiger partial charge on any atom is 0.408 e. The van der Waals surface area contributed by atoms with Crippen molar-refractivity contribution in [1.82, 2.24) is 15.1 Å². The molecule has 1 heterocycles. The van der Waals surface area contributed by atoms with Crippen LogP contribution >= 0.6 is 0 Å². The summed E-state index contributed by atoms with van der Waals surface area (Å²) in [6.45, 7) is 14.0. The zero-order chi connectivity index (χ0) is 23.1. The SMILES string of the molecule is CCC[C@@H](CCN1CCCC[C@H](N(C(=O)O)C(C)(C)C)C1=O)NC(=O)OC(C)(C)C. The molecule has 3 amide bonds. The number of rotatable bonds is 7. The zero-order valence-electron chi connectivity index (χ0n) is 19.8. The van der Waals surface area contributed by atoms with E-state index in [1.54, 1.807) is 4.90 Å². The molecule has 174 valence electrons. The maximum atomic E-state index is 13.2. The van der Waals surface area contributed by atoms with E-state index in [2.05, 4.69) is 5.32 Å². The molecule has 1 rings (SSSR count). The third-order valence-corrected chi connectivity index (χ3v) is 5.10. The molecule has 1 fully saturated rings. The molecule has 0 aromatic carbocycles. The standard InChI is InChI=1S/C22H41N3O5/c1-8-11-16(23-19(27)30-22(5,6)7)13-15-24-14-10-9-12-17(18(24)26)25(20(28)29)21(2,3)4/h16-17H,8-15H2,1-7H3,(H,23,27)(H,28,29)/t16-,17-/m0/s1. The van der Waals surface area contributed by atoms with Crippen molar-refractivity contribution in [3.63, 3.8) is 0 Å². The Bertz CT molecular complexity index is 595. The molecule has 8 heteroatoms. The van der Waals surface area contributed by atoms with Gasteiger partial charge in [0.05, 0.1) is 0 Å². The number of carboxylic acid groups (broad SMARTS) is 1. The summed E-state index contributed by atoms with van der Waals surface area (Å²) in [4.78, 5) is 40.3. The Hall–Kier alpha value is -1.99. The second-order valence-electron chi connectivity index (χ2n) is 10.1. The second kappa shape index (κ2) is 10.9. The first-order valence-corrected chi connectivity index (χ1v) is 11.1. The number of hydrogen-bond donors (Lipinski definition) is 2. The van der Waals surface area contributed by atoms with E-state index in [0.717, 1.165) is 25.7 Å². The van der Waals surface area contributed by atoms with Crippen molar-refractivity contribution in [3.8, 4) is 0 Å². The first-order chi connectivity index (χ1) is 13.8. The number of hydrogen-bond acceptors (Lipinski definition) is 4. The molecule has 0 spiro atoms. The normalized spacial score (nSPS) is 19.1. The third-order valence-electron chi connectivity index (χ3n) is 5.10. The van der Waals surface area contributed by atoms with E-state index >= 15 is 0 Å². The highest BCUT2D eigenvalue weighted by atomic mass is 16.6. The molecule has 30 heavy (non-hydrogen) atoms. The lowest BCUT2D eigenvalue weighted by molar-refractivity contribution is -0.137. The van der Waals surface area contributed by atoms with Gasteiger partial charge in [0, 0.05) is 24.7 Å². The van der Waals surface area contributed by atoms with Crippen LogP contribution in [-0.2, 0) is 9.53 Å². The molecule has 2 atom stereocenters. The Balaban J connectivity index is 2.84. The van der Waals surface area contributed by atoms with Gasteiger partial charge in [-0.15, -0.1) is 0 Å². The van der Waals surface area contributed by atoms with E-state index < -0.39 is 29.4 Å². The highest BCUT2D eigenvalue weighted by molar-refractivity contribution is 5.86. The molecule has 1 aliphatic heterocycles. The quantitative estimate of drug-likeness (QED) is 0.633. The van der Waals surface area contributed by atoms with Gasteiger partial charge in [0.15, 0.2) is 0 Å². The Morgan fingerprint density at radius 3 is 2.33 bits per heavy atom. The summed E-state index contributed by atoms with van der Waals surface area (Å²) in [6, 6.07) is -0.772. The van der Waals surface area contributed by atoms with Gasteiger partial charge < -0.3 is 20.1 Å². The van der Waals surface area contributed by atoms with E-state index in [9.17, 15) is 19.5 Å². The van der Waals surface area contributed by atoms with Crippen molar-refractivity contribution in [3.05, 3.63) is 0 Å². The number of ether oxygens (including phenoxy) is 1. The van der Waals surface area contributed by atoms with Gasteiger partial charge in [-0.3, -0.25) is 9.69 Å². The van der Waals surface area contributed by atoms with E-state index in [1.165, 1.54) is 4.90 Å². The minimum Gasteiger partial charge on any atom is -0.465 e. The molecule has 8 nitrogen and oxygen atoms in total. The van der Waals surface area contributed by atoms with Crippen molar-refractivity contribution in [2.24, 2.45) is 0 Å². The molecule has 0 aromatic heterocycles. The highest BCUT2D eigenvalue weighted by Crippen LogP contribution is 2.25. The first kappa shape index (κ1) is 26.0. The van der Waals surface area contributed by atoms with Gasteiger partial charge in [0.25, 0.3) is 0 Å². The molecule has 0 unspecified atom stereocenters. The van der Waals surface area contributed by atoms with E-state index in [-0.39, 0.29) is 11.9 Å². The fraction of sp³-hybridized carbons (Fsp3) is 0.864. The van der Waals surface area contributed by atoms with Crippen LogP contribution in [0, 0.1) is 0 Å². The number of alkyl carbamates (subject to hydrolysis) is 1. The molecule has 1 aliphatic rings. The van der Waals surface area contributed by atoms with Gasteiger partial charge in [-0.25, -0.2) is 9.59 Å². The smallest absolute Gasteiger partial charge is 0.408 e. The third kappa shape index (κ3) is 8.40. The molecule has 0 aromatic rings. The van der Waals surface area contributed by atoms with Gasteiger partial charge in [-0.1, -0.05) is 13.3 Å². The molecule has 1 saturated heterocycles. The van der Waals surface area contributed by atoms with Gasteiger partial charge in [-0.05, 0) is 73.6 Å². The van der Waals surface area contributed by atoms with E-state index in [4.69, 9.17) is 4.74 Å². The number of likely N-dealkylation sites (tertiary alicyclic amines) is 1.